The van der Waals surface area contributed by atoms with E-state index in [0.717, 1.165) is 12.7 Å². The molecule has 0 saturated heterocycles. The van der Waals surface area contributed by atoms with Gasteiger partial charge in [0, 0.05) is 18.3 Å². The lowest BCUT2D eigenvalue weighted by atomic mass is 9.65. The van der Waals surface area contributed by atoms with Gasteiger partial charge in [0.05, 0.1) is 0 Å². The van der Waals surface area contributed by atoms with Gasteiger partial charge in [-0.1, -0.05) is 20.8 Å². The van der Waals surface area contributed by atoms with Crippen molar-refractivity contribution in [1.29, 1.82) is 0 Å². The van der Waals surface area contributed by atoms with E-state index in [-0.39, 0.29) is 11.2 Å². The van der Waals surface area contributed by atoms with Crippen molar-refractivity contribution in [1.82, 2.24) is 0 Å². The van der Waals surface area contributed by atoms with Gasteiger partial charge in [-0.25, -0.2) is 0 Å². The van der Waals surface area contributed by atoms with Gasteiger partial charge >= 0.3 is 0 Å². The molecule has 2 nitrogen and oxygen atoms in total. The Balaban J connectivity index is 2.83. The number of carbonyl (C=O) groups excluding carboxylic acids is 2. The molecule has 1 aliphatic rings. The number of hydrogen-bond acceptors (Lipinski definition) is 2. The first-order valence-electron chi connectivity index (χ1n) is 4.35. The van der Waals surface area contributed by atoms with Crippen LogP contribution in [0.25, 0.3) is 0 Å². The van der Waals surface area contributed by atoms with Gasteiger partial charge in [0.25, 0.3) is 0 Å². The highest BCUT2D eigenvalue weighted by atomic mass is 16.1. The molecule has 12 heavy (non-hydrogen) atoms. The zero-order valence-electron chi connectivity index (χ0n) is 8.02. The Labute approximate surface area is 73.3 Å². The van der Waals surface area contributed by atoms with Crippen molar-refractivity contribution in [3.63, 3.8) is 0 Å². The van der Waals surface area contributed by atoms with Gasteiger partial charge in [0.1, 0.15) is 12.1 Å². The molecule has 0 radical (unpaired) electrons. The van der Waals surface area contributed by atoms with Crippen molar-refractivity contribution in [2.75, 3.05) is 0 Å². The molecular formula is C10H16O2. The summed E-state index contributed by atoms with van der Waals surface area (Å²) in [5.41, 5.74) is -0.399. The first-order chi connectivity index (χ1) is 5.37. The maximum Gasteiger partial charge on any atom is 0.134 e. The van der Waals surface area contributed by atoms with Gasteiger partial charge in [0.15, 0.2) is 0 Å². The molecule has 0 aromatic rings. The summed E-state index contributed by atoms with van der Waals surface area (Å²) < 4.78 is 0. The summed E-state index contributed by atoms with van der Waals surface area (Å²) in [6.45, 7) is 5.97. The highest BCUT2D eigenvalue weighted by Crippen LogP contribution is 2.42. The first-order valence-corrected chi connectivity index (χ1v) is 4.35. The molecule has 1 fully saturated rings. The van der Waals surface area contributed by atoms with E-state index in [1.807, 2.05) is 20.8 Å². The minimum Gasteiger partial charge on any atom is -0.303 e. The van der Waals surface area contributed by atoms with Crippen LogP contribution in [0.3, 0.4) is 0 Å². The lowest BCUT2D eigenvalue weighted by Gasteiger charge is -2.38. The smallest absolute Gasteiger partial charge is 0.134 e. The molecule has 0 aliphatic heterocycles. The van der Waals surface area contributed by atoms with Crippen LogP contribution in [-0.2, 0) is 9.59 Å². The summed E-state index contributed by atoms with van der Waals surface area (Å²) in [5, 5.41) is 0. The Bertz CT molecular complexity index is 218. The van der Waals surface area contributed by atoms with Crippen molar-refractivity contribution >= 4 is 12.1 Å². The van der Waals surface area contributed by atoms with Gasteiger partial charge in [-0.3, -0.25) is 4.79 Å². The lowest BCUT2D eigenvalue weighted by molar-refractivity contribution is -0.133. The minimum atomic E-state index is -0.404. The second-order valence-corrected chi connectivity index (χ2v) is 5.01. The summed E-state index contributed by atoms with van der Waals surface area (Å²) >= 11 is 0. The maximum absolute atomic E-state index is 11.3. The molecule has 0 spiro atoms. The molecule has 0 bridgehead atoms. The minimum absolute atomic E-state index is 0.00495. The van der Waals surface area contributed by atoms with E-state index in [2.05, 4.69) is 0 Å². The second-order valence-electron chi connectivity index (χ2n) is 5.01. The number of carbonyl (C=O) groups is 2. The molecule has 0 amide bonds. The Morgan fingerprint density at radius 3 is 2.25 bits per heavy atom. The van der Waals surface area contributed by atoms with Crippen LogP contribution in [-0.4, -0.2) is 12.1 Å². The van der Waals surface area contributed by atoms with E-state index in [1.54, 1.807) is 0 Å². The standard InChI is InChI=1S/C10H16O2/c1-9(2)4-8(12)5-10(3,6-9)7-11/h7H,4-6H2,1-3H3. The van der Waals surface area contributed by atoms with Crippen LogP contribution in [0, 0.1) is 10.8 Å². The molecule has 68 valence electrons. The van der Waals surface area contributed by atoms with Crippen molar-refractivity contribution in [3.8, 4) is 0 Å². The van der Waals surface area contributed by atoms with E-state index < -0.39 is 5.41 Å². The average molecular weight is 168 g/mol. The third-order valence-corrected chi connectivity index (χ3v) is 2.44. The van der Waals surface area contributed by atoms with Crippen LogP contribution < -0.4 is 0 Å². The summed E-state index contributed by atoms with van der Waals surface area (Å²) in [6, 6.07) is 0. The third-order valence-electron chi connectivity index (χ3n) is 2.44. The molecule has 1 rings (SSSR count). The third kappa shape index (κ3) is 1.93. The van der Waals surface area contributed by atoms with Crippen molar-refractivity contribution in [2.24, 2.45) is 10.8 Å². The van der Waals surface area contributed by atoms with Crippen LogP contribution in [0.4, 0.5) is 0 Å². The highest BCUT2D eigenvalue weighted by Gasteiger charge is 2.40. The van der Waals surface area contributed by atoms with Gasteiger partial charge in [-0.2, -0.15) is 0 Å². The van der Waals surface area contributed by atoms with Crippen molar-refractivity contribution < 1.29 is 9.59 Å². The molecule has 1 saturated carbocycles. The number of rotatable bonds is 1. The van der Waals surface area contributed by atoms with E-state index >= 15 is 0 Å². The van der Waals surface area contributed by atoms with Gasteiger partial charge in [-0.15, -0.1) is 0 Å². The predicted molar refractivity (Wildman–Crippen MR) is 46.8 cm³/mol. The number of aldehydes is 1. The van der Waals surface area contributed by atoms with E-state index in [9.17, 15) is 9.59 Å². The molecule has 0 aromatic heterocycles. The topological polar surface area (TPSA) is 34.1 Å². The van der Waals surface area contributed by atoms with Crippen molar-refractivity contribution in [3.05, 3.63) is 0 Å². The normalized spacial score (nSPS) is 34.8. The summed E-state index contributed by atoms with van der Waals surface area (Å²) in [7, 11) is 0. The molecule has 0 aromatic carbocycles. The Morgan fingerprint density at radius 2 is 1.83 bits per heavy atom. The van der Waals surface area contributed by atoms with Crippen LogP contribution in [0.2, 0.25) is 0 Å². The van der Waals surface area contributed by atoms with E-state index in [0.29, 0.717) is 12.8 Å². The Hall–Kier alpha value is -0.660. The highest BCUT2D eigenvalue weighted by molar-refractivity contribution is 5.84. The summed E-state index contributed by atoms with van der Waals surface area (Å²) in [4.78, 5) is 22.1. The van der Waals surface area contributed by atoms with Crippen LogP contribution in [0.15, 0.2) is 0 Å². The van der Waals surface area contributed by atoms with E-state index in [1.165, 1.54) is 0 Å². The molecule has 2 heteroatoms. The molecule has 0 N–H and O–H groups in total. The summed E-state index contributed by atoms with van der Waals surface area (Å²) in [6.07, 6.45) is 2.82. The molecular weight excluding hydrogens is 152 g/mol. The Morgan fingerprint density at radius 1 is 1.25 bits per heavy atom. The number of hydrogen-bond donors (Lipinski definition) is 0. The fourth-order valence-electron chi connectivity index (χ4n) is 2.35. The number of Topliss-reactive ketones (excluding diaryl/α,β-unsaturated/α-hetero) is 1. The SMILES string of the molecule is CC1(C)CC(=O)CC(C)(C=O)C1. The first kappa shape index (κ1) is 9.43. The molecule has 1 aliphatic carbocycles. The van der Waals surface area contributed by atoms with Crippen LogP contribution >= 0.6 is 0 Å². The monoisotopic (exact) mass is 168 g/mol. The lowest BCUT2D eigenvalue weighted by Crippen LogP contribution is -2.36. The van der Waals surface area contributed by atoms with Gasteiger partial charge in [0.2, 0.25) is 0 Å². The quantitative estimate of drug-likeness (QED) is 0.561. The van der Waals surface area contributed by atoms with Crippen LogP contribution in [0.5, 0.6) is 0 Å². The fourth-order valence-corrected chi connectivity index (χ4v) is 2.35. The second kappa shape index (κ2) is 2.68. The van der Waals surface area contributed by atoms with Gasteiger partial charge < -0.3 is 4.79 Å². The van der Waals surface area contributed by atoms with Crippen molar-refractivity contribution in [2.45, 2.75) is 40.0 Å². The molecule has 1 unspecified atom stereocenters. The largest absolute Gasteiger partial charge is 0.303 e. The van der Waals surface area contributed by atoms with Crippen LogP contribution in [0.1, 0.15) is 40.0 Å². The average Bonchev–Trinajstić information content (AvgIpc) is 1.82. The maximum atomic E-state index is 11.3. The molecule has 1 atom stereocenters. The van der Waals surface area contributed by atoms with Gasteiger partial charge in [-0.05, 0) is 11.8 Å². The zero-order chi connectivity index (χ0) is 9.41. The zero-order valence-corrected chi connectivity index (χ0v) is 8.02. The number of ketones is 1. The fraction of sp³-hybridized carbons (Fsp3) is 0.800. The van der Waals surface area contributed by atoms with E-state index in [4.69, 9.17) is 0 Å². The predicted octanol–water partition coefficient (Wildman–Crippen LogP) is 1.97. The summed E-state index contributed by atoms with van der Waals surface area (Å²) in [5.74, 6) is 0.223. The molecule has 0 heterocycles. The Kier molecular flexibility index (Phi) is 2.11.